The molecular formula is C14H28N4. The molecule has 4 heteroatoms. The molecule has 0 radical (unpaired) electrons. The Morgan fingerprint density at radius 1 is 1.11 bits per heavy atom. The summed E-state index contributed by atoms with van der Waals surface area (Å²) in [6, 6.07) is 0.486. The molecule has 2 aliphatic rings. The van der Waals surface area contributed by atoms with Crippen LogP contribution in [0.15, 0.2) is 4.99 Å². The standard InChI is InChI=1S/C14H28N4/c1-11-8-9-18(10-12(11)2)14(17-15)16-13-6-4-3-5-7-13/h11-13H,3-10,15H2,1-2H3,(H,16,17). The molecule has 1 aliphatic carbocycles. The van der Waals surface area contributed by atoms with Gasteiger partial charge >= 0.3 is 0 Å². The van der Waals surface area contributed by atoms with E-state index in [-0.39, 0.29) is 0 Å². The molecule has 0 spiro atoms. The van der Waals surface area contributed by atoms with Crippen LogP contribution in [-0.4, -0.2) is 30.0 Å². The van der Waals surface area contributed by atoms with Crippen LogP contribution in [0.25, 0.3) is 0 Å². The van der Waals surface area contributed by atoms with Gasteiger partial charge in [-0.2, -0.15) is 0 Å². The third-order valence-electron chi connectivity index (χ3n) is 4.64. The largest absolute Gasteiger partial charge is 0.342 e. The van der Waals surface area contributed by atoms with Crippen molar-refractivity contribution in [3.63, 3.8) is 0 Å². The summed E-state index contributed by atoms with van der Waals surface area (Å²) in [5.74, 6) is 8.14. The molecule has 2 fully saturated rings. The Hall–Kier alpha value is -0.770. The van der Waals surface area contributed by atoms with E-state index in [4.69, 9.17) is 10.8 Å². The monoisotopic (exact) mass is 252 g/mol. The fourth-order valence-corrected chi connectivity index (χ4v) is 3.05. The zero-order valence-corrected chi connectivity index (χ0v) is 11.9. The third-order valence-corrected chi connectivity index (χ3v) is 4.64. The molecule has 4 nitrogen and oxygen atoms in total. The van der Waals surface area contributed by atoms with Gasteiger partial charge in [-0.15, -0.1) is 0 Å². The summed E-state index contributed by atoms with van der Waals surface area (Å²) in [4.78, 5) is 7.18. The van der Waals surface area contributed by atoms with Crippen LogP contribution in [0.1, 0.15) is 52.4 Å². The number of rotatable bonds is 1. The number of hydrazine groups is 1. The Morgan fingerprint density at radius 2 is 1.83 bits per heavy atom. The van der Waals surface area contributed by atoms with E-state index in [1.807, 2.05) is 0 Å². The van der Waals surface area contributed by atoms with Crippen molar-refractivity contribution in [2.24, 2.45) is 22.7 Å². The van der Waals surface area contributed by atoms with Crippen molar-refractivity contribution in [1.29, 1.82) is 0 Å². The van der Waals surface area contributed by atoms with Crippen molar-refractivity contribution in [2.45, 2.75) is 58.4 Å². The quantitative estimate of drug-likeness (QED) is 0.325. The highest BCUT2D eigenvalue weighted by Crippen LogP contribution is 2.24. The molecule has 2 unspecified atom stereocenters. The van der Waals surface area contributed by atoms with Crippen LogP contribution in [0.2, 0.25) is 0 Å². The van der Waals surface area contributed by atoms with E-state index in [0.29, 0.717) is 6.04 Å². The first-order chi connectivity index (χ1) is 8.70. The molecule has 0 aromatic heterocycles. The van der Waals surface area contributed by atoms with Crippen molar-refractivity contribution in [1.82, 2.24) is 10.3 Å². The van der Waals surface area contributed by atoms with E-state index in [2.05, 4.69) is 24.2 Å². The predicted octanol–water partition coefficient (Wildman–Crippen LogP) is 2.12. The van der Waals surface area contributed by atoms with Crippen molar-refractivity contribution in [2.75, 3.05) is 13.1 Å². The summed E-state index contributed by atoms with van der Waals surface area (Å²) >= 11 is 0. The zero-order valence-electron chi connectivity index (χ0n) is 11.9. The molecule has 1 saturated heterocycles. The molecular weight excluding hydrogens is 224 g/mol. The summed E-state index contributed by atoms with van der Waals surface area (Å²) in [5.41, 5.74) is 2.83. The summed E-state index contributed by atoms with van der Waals surface area (Å²) in [6.07, 6.45) is 7.71. The van der Waals surface area contributed by atoms with Gasteiger partial charge < -0.3 is 4.90 Å². The average molecular weight is 252 g/mol. The van der Waals surface area contributed by atoms with E-state index in [1.54, 1.807) is 0 Å². The van der Waals surface area contributed by atoms with E-state index in [1.165, 1.54) is 38.5 Å². The van der Waals surface area contributed by atoms with Gasteiger partial charge in [-0.05, 0) is 31.1 Å². The molecule has 2 rings (SSSR count). The van der Waals surface area contributed by atoms with Gasteiger partial charge in [0.1, 0.15) is 0 Å². The van der Waals surface area contributed by atoms with Crippen molar-refractivity contribution in [3.05, 3.63) is 0 Å². The summed E-state index contributed by atoms with van der Waals surface area (Å²) in [7, 11) is 0. The van der Waals surface area contributed by atoms with Gasteiger partial charge in [0.05, 0.1) is 6.04 Å². The molecule has 1 heterocycles. The van der Waals surface area contributed by atoms with Crippen LogP contribution in [-0.2, 0) is 0 Å². The number of nitrogens with one attached hydrogen (secondary N) is 1. The first-order valence-corrected chi connectivity index (χ1v) is 7.50. The SMILES string of the molecule is CC1CCN(C(=NC2CCCCC2)NN)CC1C. The second kappa shape index (κ2) is 6.41. The van der Waals surface area contributed by atoms with Crippen LogP contribution in [0, 0.1) is 11.8 Å². The fourth-order valence-electron chi connectivity index (χ4n) is 3.05. The van der Waals surface area contributed by atoms with Gasteiger partial charge in [0.2, 0.25) is 5.96 Å². The second-order valence-corrected chi connectivity index (χ2v) is 6.08. The Kier molecular flexibility index (Phi) is 4.87. The summed E-state index contributed by atoms with van der Waals surface area (Å²) in [6.45, 7) is 6.83. The third kappa shape index (κ3) is 3.37. The highest BCUT2D eigenvalue weighted by molar-refractivity contribution is 5.79. The van der Waals surface area contributed by atoms with Crippen LogP contribution in [0.3, 0.4) is 0 Å². The van der Waals surface area contributed by atoms with Crippen molar-refractivity contribution in [3.8, 4) is 0 Å². The Morgan fingerprint density at radius 3 is 2.44 bits per heavy atom. The first kappa shape index (κ1) is 13.7. The number of piperidine rings is 1. The van der Waals surface area contributed by atoms with Gasteiger partial charge in [0.25, 0.3) is 0 Å². The van der Waals surface area contributed by atoms with Gasteiger partial charge in [0.15, 0.2) is 0 Å². The van der Waals surface area contributed by atoms with Gasteiger partial charge in [0, 0.05) is 13.1 Å². The van der Waals surface area contributed by atoms with Gasteiger partial charge in [-0.25, -0.2) is 10.8 Å². The fraction of sp³-hybridized carbons (Fsp3) is 0.929. The number of aliphatic imine (C=N–C) groups is 1. The summed E-state index contributed by atoms with van der Waals surface area (Å²) < 4.78 is 0. The number of hydrogen-bond donors (Lipinski definition) is 2. The molecule has 0 bridgehead atoms. The highest BCUT2D eigenvalue weighted by atomic mass is 15.4. The molecule has 0 aromatic rings. The molecule has 3 N–H and O–H groups in total. The minimum absolute atomic E-state index is 0.486. The van der Waals surface area contributed by atoms with Gasteiger partial charge in [-0.3, -0.25) is 5.43 Å². The average Bonchev–Trinajstić information content (AvgIpc) is 2.40. The van der Waals surface area contributed by atoms with Crippen LogP contribution in [0.4, 0.5) is 0 Å². The van der Waals surface area contributed by atoms with E-state index < -0.39 is 0 Å². The van der Waals surface area contributed by atoms with Crippen molar-refractivity contribution >= 4 is 5.96 Å². The van der Waals surface area contributed by atoms with E-state index in [9.17, 15) is 0 Å². The lowest BCUT2D eigenvalue weighted by molar-refractivity contribution is 0.199. The number of hydrogen-bond acceptors (Lipinski definition) is 2. The highest BCUT2D eigenvalue weighted by Gasteiger charge is 2.25. The van der Waals surface area contributed by atoms with Crippen LogP contribution >= 0.6 is 0 Å². The van der Waals surface area contributed by atoms with Crippen LogP contribution in [0.5, 0.6) is 0 Å². The number of guanidine groups is 1. The molecule has 0 amide bonds. The maximum absolute atomic E-state index is 5.68. The topological polar surface area (TPSA) is 53.6 Å². The van der Waals surface area contributed by atoms with Crippen molar-refractivity contribution < 1.29 is 0 Å². The van der Waals surface area contributed by atoms with Crippen LogP contribution < -0.4 is 11.3 Å². The maximum atomic E-state index is 5.68. The number of nitrogens with zero attached hydrogens (tertiary/aromatic N) is 2. The molecule has 18 heavy (non-hydrogen) atoms. The molecule has 1 aliphatic heterocycles. The first-order valence-electron chi connectivity index (χ1n) is 7.50. The number of likely N-dealkylation sites (tertiary alicyclic amines) is 1. The Bertz CT molecular complexity index is 284. The molecule has 0 aromatic carbocycles. The Labute approximate surface area is 111 Å². The van der Waals surface area contributed by atoms with E-state index >= 15 is 0 Å². The minimum Gasteiger partial charge on any atom is -0.342 e. The predicted molar refractivity (Wildman–Crippen MR) is 76.1 cm³/mol. The maximum Gasteiger partial charge on any atom is 0.208 e. The van der Waals surface area contributed by atoms with Gasteiger partial charge in [-0.1, -0.05) is 33.1 Å². The summed E-state index contributed by atoms with van der Waals surface area (Å²) in [5, 5.41) is 0. The minimum atomic E-state index is 0.486. The molecule has 1 saturated carbocycles. The molecule has 104 valence electrons. The lowest BCUT2D eigenvalue weighted by Crippen LogP contribution is -2.50. The Balaban J connectivity index is 1.96. The zero-order chi connectivity index (χ0) is 13.0. The number of nitrogens with two attached hydrogens (primary N) is 1. The smallest absolute Gasteiger partial charge is 0.208 e. The second-order valence-electron chi connectivity index (χ2n) is 6.08. The molecule has 2 atom stereocenters. The lowest BCUT2D eigenvalue weighted by atomic mass is 9.89. The lowest BCUT2D eigenvalue weighted by Gasteiger charge is -2.37. The van der Waals surface area contributed by atoms with E-state index in [0.717, 1.165) is 30.9 Å². The normalized spacial score (nSPS) is 31.5.